The molecule has 0 radical (unpaired) electrons. The summed E-state index contributed by atoms with van der Waals surface area (Å²) in [6, 6.07) is 9.13. The number of hydrogen-bond donors (Lipinski definition) is 1. The Bertz CT molecular complexity index is 1120. The van der Waals surface area contributed by atoms with E-state index in [1.54, 1.807) is 29.5 Å². The number of nitrogens with zero attached hydrogens (tertiary/aromatic N) is 3. The number of carbonyl (C=O) groups is 2. The van der Waals surface area contributed by atoms with Crippen molar-refractivity contribution in [2.45, 2.75) is 32.4 Å². The number of amides is 2. The quantitative estimate of drug-likeness (QED) is 0.726. The maximum Gasteiger partial charge on any atom is 0.329 e. The number of hydrogen-bond acceptors (Lipinski definition) is 4. The molecule has 1 aromatic carbocycles. The lowest BCUT2D eigenvalue weighted by Gasteiger charge is -2.32. The zero-order valence-electron chi connectivity index (χ0n) is 16.6. The van der Waals surface area contributed by atoms with Crippen LogP contribution in [0.3, 0.4) is 0 Å². The van der Waals surface area contributed by atoms with Gasteiger partial charge in [-0.15, -0.1) is 0 Å². The molecule has 3 heterocycles. The van der Waals surface area contributed by atoms with Gasteiger partial charge < -0.3 is 14.6 Å². The maximum atomic E-state index is 12.8. The molecule has 152 valence electrons. The van der Waals surface area contributed by atoms with Crippen LogP contribution < -0.4 is 11.0 Å². The summed E-state index contributed by atoms with van der Waals surface area (Å²) in [5.74, 6) is 0.359. The Morgan fingerprint density at radius 2 is 1.83 bits per heavy atom. The predicted octanol–water partition coefficient (Wildman–Crippen LogP) is 1.66. The molecule has 29 heavy (non-hydrogen) atoms. The number of para-hydroxylation sites is 2. The topological polar surface area (TPSA) is 89.5 Å². The molecular formula is C21H24N4O4. The maximum absolute atomic E-state index is 12.8. The van der Waals surface area contributed by atoms with Gasteiger partial charge in [0.15, 0.2) is 0 Å². The number of aryl methyl sites for hydroxylation is 2. The van der Waals surface area contributed by atoms with Gasteiger partial charge in [-0.05, 0) is 38.0 Å². The second kappa shape index (κ2) is 7.62. The third-order valence-electron chi connectivity index (χ3n) is 5.63. The molecule has 0 atom stereocenters. The highest BCUT2D eigenvalue weighted by molar-refractivity contribution is 5.95. The van der Waals surface area contributed by atoms with Crippen molar-refractivity contribution in [3.05, 3.63) is 58.4 Å². The van der Waals surface area contributed by atoms with Gasteiger partial charge in [0, 0.05) is 26.2 Å². The number of carbonyl (C=O) groups excluding carboxylic acids is 2. The van der Waals surface area contributed by atoms with Crippen LogP contribution in [0.2, 0.25) is 0 Å². The van der Waals surface area contributed by atoms with Gasteiger partial charge in [-0.1, -0.05) is 12.1 Å². The number of likely N-dealkylation sites (tertiary alicyclic amines) is 1. The molecule has 1 saturated heterocycles. The van der Waals surface area contributed by atoms with Crippen LogP contribution in [0.25, 0.3) is 11.0 Å². The molecule has 3 aromatic rings. The Balaban J connectivity index is 1.38. The molecule has 0 saturated carbocycles. The highest BCUT2D eigenvalue weighted by Crippen LogP contribution is 2.15. The standard InChI is InChI=1S/C21H24N4O4/c1-14-16(9-12-29-14)20(27)22-15-7-10-24(11-8-15)19(26)13-25-18-6-4-3-5-17(18)23(2)21(25)28/h3-6,9,12,15H,7-8,10-11,13H2,1-2H3,(H,22,27). The van der Waals surface area contributed by atoms with Gasteiger partial charge in [0.1, 0.15) is 12.3 Å². The lowest BCUT2D eigenvalue weighted by Crippen LogP contribution is -2.47. The van der Waals surface area contributed by atoms with E-state index in [2.05, 4.69) is 5.32 Å². The summed E-state index contributed by atoms with van der Waals surface area (Å²) in [5, 5.41) is 3.01. The van der Waals surface area contributed by atoms with Gasteiger partial charge in [-0.3, -0.25) is 18.7 Å². The first-order valence-electron chi connectivity index (χ1n) is 9.72. The van der Waals surface area contributed by atoms with Crippen LogP contribution in [0.4, 0.5) is 0 Å². The van der Waals surface area contributed by atoms with Crippen molar-refractivity contribution in [1.82, 2.24) is 19.4 Å². The molecule has 1 aliphatic rings. The Kier molecular flexibility index (Phi) is 5.00. The summed E-state index contributed by atoms with van der Waals surface area (Å²) < 4.78 is 8.26. The number of furan rings is 1. The van der Waals surface area contributed by atoms with Gasteiger partial charge in [0.25, 0.3) is 5.91 Å². The SMILES string of the molecule is Cc1occc1C(=O)NC1CCN(C(=O)Cn2c(=O)n(C)c3ccccc32)CC1. The monoisotopic (exact) mass is 396 g/mol. The van der Waals surface area contributed by atoms with Crippen molar-refractivity contribution < 1.29 is 14.0 Å². The van der Waals surface area contributed by atoms with Crippen LogP contribution in [0.1, 0.15) is 29.0 Å². The zero-order valence-corrected chi connectivity index (χ0v) is 16.6. The Labute approximate surface area is 167 Å². The Hall–Kier alpha value is -3.29. The van der Waals surface area contributed by atoms with Gasteiger partial charge >= 0.3 is 5.69 Å². The van der Waals surface area contributed by atoms with E-state index in [-0.39, 0.29) is 30.1 Å². The molecule has 0 aliphatic carbocycles. The summed E-state index contributed by atoms with van der Waals surface area (Å²) >= 11 is 0. The molecular weight excluding hydrogens is 372 g/mol. The van der Waals surface area contributed by atoms with Crippen LogP contribution in [-0.4, -0.2) is 45.0 Å². The van der Waals surface area contributed by atoms with E-state index in [0.717, 1.165) is 11.0 Å². The van der Waals surface area contributed by atoms with E-state index in [9.17, 15) is 14.4 Å². The minimum atomic E-state index is -0.197. The molecule has 8 heteroatoms. The number of rotatable bonds is 4. The fraction of sp³-hybridized carbons (Fsp3) is 0.381. The van der Waals surface area contributed by atoms with Crippen LogP contribution in [0.15, 0.2) is 45.8 Å². The van der Waals surface area contributed by atoms with Crippen molar-refractivity contribution in [1.29, 1.82) is 0 Å². The molecule has 0 spiro atoms. The highest BCUT2D eigenvalue weighted by atomic mass is 16.3. The van der Waals surface area contributed by atoms with E-state index in [4.69, 9.17) is 4.42 Å². The summed E-state index contributed by atoms with van der Waals surface area (Å²) in [4.78, 5) is 39.4. The number of nitrogens with one attached hydrogen (secondary N) is 1. The highest BCUT2D eigenvalue weighted by Gasteiger charge is 2.26. The molecule has 1 aliphatic heterocycles. The Morgan fingerprint density at radius 3 is 2.48 bits per heavy atom. The van der Waals surface area contributed by atoms with Gasteiger partial charge in [0.05, 0.1) is 22.9 Å². The lowest BCUT2D eigenvalue weighted by atomic mass is 10.0. The molecule has 1 fully saturated rings. The van der Waals surface area contributed by atoms with Crippen LogP contribution >= 0.6 is 0 Å². The van der Waals surface area contributed by atoms with E-state index >= 15 is 0 Å². The number of aromatic nitrogens is 2. The predicted molar refractivity (Wildman–Crippen MR) is 108 cm³/mol. The van der Waals surface area contributed by atoms with Crippen molar-refractivity contribution >= 4 is 22.8 Å². The fourth-order valence-electron chi connectivity index (χ4n) is 3.91. The molecule has 2 amide bonds. The van der Waals surface area contributed by atoms with Crippen molar-refractivity contribution in [2.24, 2.45) is 7.05 Å². The molecule has 1 N–H and O–H groups in total. The summed E-state index contributed by atoms with van der Waals surface area (Å²) in [6.45, 7) is 2.87. The fourth-order valence-corrected chi connectivity index (χ4v) is 3.91. The van der Waals surface area contributed by atoms with E-state index in [1.165, 1.54) is 10.8 Å². The summed E-state index contributed by atoms with van der Waals surface area (Å²) in [7, 11) is 1.71. The average molecular weight is 396 g/mol. The minimum Gasteiger partial charge on any atom is -0.469 e. The third-order valence-corrected chi connectivity index (χ3v) is 5.63. The number of fused-ring (bicyclic) bond motifs is 1. The van der Waals surface area contributed by atoms with Crippen molar-refractivity contribution in [3.63, 3.8) is 0 Å². The van der Waals surface area contributed by atoms with Crippen LogP contribution in [0, 0.1) is 6.92 Å². The first kappa shape index (κ1) is 19.0. The second-order valence-electron chi connectivity index (χ2n) is 7.44. The number of piperidine rings is 1. The smallest absolute Gasteiger partial charge is 0.329 e. The first-order chi connectivity index (χ1) is 14.0. The van der Waals surface area contributed by atoms with E-state index < -0.39 is 0 Å². The third kappa shape index (κ3) is 3.57. The zero-order chi connectivity index (χ0) is 20.5. The van der Waals surface area contributed by atoms with E-state index in [1.807, 2.05) is 24.3 Å². The molecule has 8 nitrogen and oxygen atoms in total. The molecule has 0 unspecified atom stereocenters. The second-order valence-corrected chi connectivity index (χ2v) is 7.44. The molecule has 4 rings (SSSR count). The minimum absolute atomic E-state index is 0.0149. The molecule has 0 bridgehead atoms. The van der Waals surface area contributed by atoms with Gasteiger partial charge in [0.2, 0.25) is 5.91 Å². The molecule has 2 aromatic heterocycles. The number of benzene rings is 1. The average Bonchev–Trinajstić information content (AvgIpc) is 3.26. The van der Waals surface area contributed by atoms with Gasteiger partial charge in [-0.25, -0.2) is 4.79 Å². The summed E-state index contributed by atoms with van der Waals surface area (Å²) in [5.41, 5.74) is 1.91. The van der Waals surface area contributed by atoms with Crippen molar-refractivity contribution in [3.8, 4) is 0 Å². The van der Waals surface area contributed by atoms with Crippen molar-refractivity contribution in [2.75, 3.05) is 13.1 Å². The lowest BCUT2D eigenvalue weighted by molar-refractivity contribution is -0.132. The largest absolute Gasteiger partial charge is 0.469 e. The number of imidazole rings is 1. The Morgan fingerprint density at radius 1 is 1.14 bits per heavy atom. The van der Waals surface area contributed by atoms with Crippen LogP contribution in [0.5, 0.6) is 0 Å². The normalized spacial score (nSPS) is 15.0. The first-order valence-corrected chi connectivity index (χ1v) is 9.72. The van der Waals surface area contributed by atoms with Gasteiger partial charge in [-0.2, -0.15) is 0 Å². The van der Waals surface area contributed by atoms with Crippen LogP contribution in [-0.2, 0) is 18.4 Å². The summed E-state index contributed by atoms with van der Waals surface area (Å²) in [6.07, 6.45) is 2.86. The van der Waals surface area contributed by atoms with E-state index in [0.29, 0.717) is 37.3 Å².